The summed E-state index contributed by atoms with van der Waals surface area (Å²) in [5.74, 6) is -1.97. The minimum atomic E-state index is -0.720. The average molecular weight is 424 g/mol. The van der Waals surface area contributed by atoms with Gasteiger partial charge in [-0.25, -0.2) is 13.8 Å². The molecule has 5 nitrogen and oxygen atoms in total. The highest BCUT2D eigenvalue weighted by Crippen LogP contribution is 2.29. The summed E-state index contributed by atoms with van der Waals surface area (Å²) >= 11 is 2.53. The number of hydrogen-bond donors (Lipinski definition) is 1. The Balaban J connectivity index is 1.87. The van der Waals surface area contributed by atoms with Crippen LogP contribution in [0.25, 0.3) is 10.2 Å². The number of thioether (sulfide) groups is 1. The first-order valence-electron chi connectivity index (χ1n) is 8.59. The SMILES string of the molecule is Cc1sc2nc(SCC(=O)Nc3cc(F)ccc3F)n(C(C)C)c(=O)c2c1C. The van der Waals surface area contributed by atoms with Crippen molar-refractivity contribution in [3.8, 4) is 0 Å². The number of benzene rings is 1. The standard InChI is InChI=1S/C19H19F2N3O2S2/c1-9(2)24-18(26)16-10(3)11(4)28-17(16)23-19(24)27-8-15(25)22-14-7-12(20)5-6-13(14)21/h5-7,9H,8H2,1-4H3,(H,22,25). The van der Waals surface area contributed by atoms with Gasteiger partial charge in [-0.15, -0.1) is 11.3 Å². The Labute approximate surface area is 168 Å². The highest BCUT2D eigenvalue weighted by molar-refractivity contribution is 7.99. The Morgan fingerprint density at radius 2 is 2.04 bits per heavy atom. The number of thiophene rings is 1. The molecule has 0 radical (unpaired) electrons. The molecule has 3 rings (SSSR count). The van der Waals surface area contributed by atoms with Crippen LogP contribution in [0, 0.1) is 25.5 Å². The smallest absolute Gasteiger partial charge is 0.263 e. The van der Waals surface area contributed by atoms with Gasteiger partial charge in [0.05, 0.1) is 16.8 Å². The first-order valence-corrected chi connectivity index (χ1v) is 10.4. The van der Waals surface area contributed by atoms with Crippen molar-refractivity contribution in [3.63, 3.8) is 0 Å². The van der Waals surface area contributed by atoms with Crippen molar-refractivity contribution in [2.24, 2.45) is 0 Å². The zero-order valence-corrected chi connectivity index (χ0v) is 17.4. The van der Waals surface area contributed by atoms with E-state index >= 15 is 0 Å². The Bertz CT molecular complexity index is 1120. The molecule has 2 heterocycles. The third-order valence-electron chi connectivity index (χ3n) is 4.25. The van der Waals surface area contributed by atoms with Gasteiger partial charge in [0, 0.05) is 17.0 Å². The van der Waals surface area contributed by atoms with Crippen molar-refractivity contribution in [1.82, 2.24) is 9.55 Å². The first-order chi connectivity index (χ1) is 13.2. The van der Waals surface area contributed by atoms with E-state index in [0.29, 0.717) is 15.4 Å². The molecule has 1 N–H and O–H groups in total. The number of rotatable bonds is 5. The Morgan fingerprint density at radius 1 is 1.32 bits per heavy atom. The maximum Gasteiger partial charge on any atom is 0.263 e. The number of nitrogens with zero attached hydrogens (tertiary/aromatic N) is 2. The second kappa shape index (κ2) is 8.00. The Morgan fingerprint density at radius 3 is 2.71 bits per heavy atom. The number of carbonyl (C=O) groups excluding carboxylic acids is 1. The summed E-state index contributed by atoms with van der Waals surface area (Å²) in [6.45, 7) is 7.58. The molecule has 0 unspecified atom stereocenters. The van der Waals surface area contributed by atoms with Crippen LogP contribution >= 0.6 is 23.1 Å². The molecule has 0 bridgehead atoms. The largest absolute Gasteiger partial charge is 0.323 e. The van der Waals surface area contributed by atoms with E-state index < -0.39 is 17.5 Å². The maximum atomic E-state index is 13.7. The lowest BCUT2D eigenvalue weighted by atomic mass is 10.2. The minimum absolute atomic E-state index is 0.0933. The van der Waals surface area contributed by atoms with Gasteiger partial charge < -0.3 is 5.32 Å². The lowest BCUT2D eigenvalue weighted by Gasteiger charge is -2.15. The molecule has 0 aliphatic carbocycles. The van der Waals surface area contributed by atoms with Gasteiger partial charge >= 0.3 is 0 Å². The van der Waals surface area contributed by atoms with E-state index in [-0.39, 0.29) is 23.0 Å². The second-order valence-electron chi connectivity index (χ2n) is 6.59. The van der Waals surface area contributed by atoms with E-state index in [0.717, 1.165) is 40.4 Å². The molecule has 0 aliphatic heterocycles. The fourth-order valence-electron chi connectivity index (χ4n) is 2.75. The van der Waals surface area contributed by atoms with Gasteiger partial charge in [0.2, 0.25) is 5.91 Å². The highest BCUT2D eigenvalue weighted by Gasteiger charge is 2.19. The summed E-state index contributed by atoms with van der Waals surface area (Å²) < 4.78 is 28.5. The highest BCUT2D eigenvalue weighted by atomic mass is 32.2. The van der Waals surface area contributed by atoms with Gasteiger partial charge in [0.1, 0.15) is 16.5 Å². The van der Waals surface area contributed by atoms with Gasteiger partial charge in [0.15, 0.2) is 5.16 Å². The zero-order chi connectivity index (χ0) is 20.6. The van der Waals surface area contributed by atoms with Crippen LogP contribution in [0.3, 0.4) is 0 Å². The molecule has 28 heavy (non-hydrogen) atoms. The van der Waals surface area contributed by atoms with Gasteiger partial charge in [-0.1, -0.05) is 11.8 Å². The zero-order valence-electron chi connectivity index (χ0n) is 15.8. The molecule has 0 fully saturated rings. The molecule has 0 spiro atoms. The summed E-state index contributed by atoms with van der Waals surface area (Å²) in [6.07, 6.45) is 0. The molecule has 148 valence electrons. The van der Waals surface area contributed by atoms with Crippen LogP contribution < -0.4 is 10.9 Å². The number of aromatic nitrogens is 2. The van der Waals surface area contributed by atoms with Crippen molar-refractivity contribution >= 4 is 44.9 Å². The Kier molecular flexibility index (Phi) is 5.85. The molecule has 2 aromatic heterocycles. The number of hydrogen-bond acceptors (Lipinski definition) is 5. The van der Waals surface area contributed by atoms with Crippen LogP contribution in [0.1, 0.15) is 30.3 Å². The quantitative estimate of drug-likeness (QED) is 0.479. The van der Waals surface area contributed by atoms with Crippen LogP contribution in [0.5, 0.6) is 0 Å². The summed E-state index contributed by atoms with van der Waals surface area (Å²) in [7, 11) is 0. The van der Waals surface area contributed by atoms with E-state index in [4.69, 9.17) is 0 Å². The van der Waals surface area contributed by atoms with Gasteiger partial charge in [-0.05, 0) is 45.4 Å². The lowest BCUT2D eigenvalue weighted by Crippen LogP contribution is -2.25. The predicted molar refractivity (Wildman–Crippen MR) is 109 cm³/mol. The molecule has 3 aromatic rings. The molecule has 1 aromatic carbocycles. The number of anilines is 1. The number of aryl methyl sites for hydroxylation is 2. The lowest BCUT2D eigenvalue weighted by molar-refractivity contribution is -0.113. The van der Waals surface area contributed by atoms with E-state index in [2.05, 4.69) is 10.3 Å². The van der Waals surface area contributed by atoms with Crippen molar-refractivity contribution in [3.05, 3.63) is 50.6 Å². The molecule has 0 atom stereocenters. The number of carbonyl (C=O) groups is 1. The van der Waals surface area contributed by atoms with Crippen LogP contribution in [0.15, 0.2) is 28.2 Å². The molecule has 0 saturated heterocycles. The number of nitrogens with one attached hydrogen (secondary N) is 1. The van der Waals surface area contributed by atoms with Crippen molar-refractivity contribution in [2.75, 3.05) is 11.1 Å². The van der Waals surface area contributed by atoms with Gasteiger partial charge in [0.25, 0.3) is 5.56 Å². The number of halogens is 2. The van der Waals surface area contributed by atoms with Crippen molar-refractivity contribution in [2.45, 2.75) is 38.9 Å². The molecular formula is C19H19F2N3O2S2. The predicted octanol–water partition coefficient (Wildman–Crippen LogP) is 4.66. The summed E-state index contributed by atoms with van der Waals surface area (Å²) in [6, 6.07) is 2.70. The van der Waals surface area contributed by atoms with Crippen LogP contribution in [-0.2, 0) is 4.79 Å². The Hall–Kier alpha value is -2.26. The fourth-order valence-corrected chi connectivity index (χ4v) is 4.75. The monoisotopic (exact) mass is 423 g/mol. The number of amides is 1. The summed E-state index contributed by atoms with van der Waals surface area (Å²) in [5, 5.41) is 3.37. The third-order valence-corrected chi connectivity index (χ3v) is 6.31. The van der Waals surface area contributed by atoms with Crippen LogP contribution in [-0.4, -0.2) is 21.2 Å². The molecule has 1 amide bonds. The fraction of sp³-hybridized carbons (Fsp3) is 0.316. The minimum Gasteiger partial charge on any atom is -0.323 e. The summed E-state index contributed by atoms with van der Waals surface area (Å²) in [4.78, 5) is 31.4. The summed E-state index contributed by atoms with van der Waals surface area (Å²) in [5.41, 5.74) is 0.559. The van der Waals surface area contributed by atoms with Crippen LogP contribution in [0.2, 0.25) is 0 Å². The van der Waals surface area contributed by atoms with Gasteiger partial charge in [-0.2, -0.15) is 0 Å². The maximum absolute atomic E-state index is 13.7. The van der Waals surface area contributed by atoms with Gasteiger partial charge in [-0.3, -0.25) is 14.2 Å². The van der Waals surface area contributed by atoms with E-state index in [1.54, 1.807) is 4.57 Å². The van der Waals surface area contributed by atoms with Crippen molar-refractivity contribution in [1.29, 1.82) is 0 Å². The molecular weight excluding hydrogens is 404 g/mol. The van der Waals surface area contributed by atoms with Crippen molar-refractivity contribution < 1.29 is 13.6 Å². The molecule has 0 saturated carbocycles. The van der Waals surface area contributed by atoms with E-state index in [1.165, 1.54) is 11.3 Å². The normalized spacial score (nSPS) is 11.4. The van der Waals surface area contributed by atoms with E-state index in [9.17, 15) is 18.4 Å². The second-order valence-corrected chi connectivity index (χ2v) is 8.73. The average Bonchev–Trinajstić information content (AvgIpc) is 2.90. The number of fused-ring (bicyclic) bond motifs is 1. The third kappa shape index (κ3) is 3.95. The first kappa shape index (κ1) is 20.5. The van der Waals surface area contributed by atoms with E-state index in [1.807, 2.05) is 27.7 Å². The molecule has 9 heteroatoms. The molecule has 0 aliphatic rings. The topological polar surface area (TPSA) is 64.0 Å². The van der Waals surface area contributed by atoms with Crippen LogP contribution in [0.4, 0.5) is 14.5 Å².